The lowest BCUT2D eigenvalue weighted by Crippen LogP contribution is -2.23. The normalized spacial score (nSPS) is 11.3. The maximum atomic E-state index is 11.2. The van der Waals surface area contributed by atoms with Crippen molar-refractivity contribution < 1.29 is 22.1 Å². The molecule has 1 aromatic heterocycles. The van der Waals surface area contributed by atoms with Crippen LogP contribution in [0, 0.1) is 17.5 Å². The number of hydrogen-bond donors (Lipinski definition) is 1. The van der Waals surface area contributed by atoms with Crippen molar-refractivity contribution in [2.24, 2.45) is 10.2 Å². The van der Waals surface area contributed by atoms with E-state index in [1.807, 2.05) is 0 Å². The molecular weight excluding hydrogens is 370 g/mol. The number of benzene rings is 1. The summed E-state index contributed by atoms with van der Waals surface area (Å²) in [4.78, 5) is 15.8. The third-order valence-electron chi connectivity index (χ3n) is 2.91. The van der Waals surface area contributed by atoms with Gasteiger partial charge in [-0.2, -0.15) is 10.1 Å². The minimum atomic E-state index is -4.79. The molecule has 0 saturated heterocycles. The zero-order chi connectivity index (χ0) is 18.4. The Morgan fingerprint density at radius 1 is 1.38 bits per heavy atom. The van der Waals surface area contributed by atoms with Crippen LogP contribution in [0.25, 0.3) is 0 Å². The number of nitrogens with one attached hydrogen (secondary N) is 1. The topological polar surface area (TPSA) is 179 Å². The van der Waals surface area contributed by atoms with Gasteiger partial charge in [-0.3, -0.25) is 14.3 Å². The summed E-state index contributed by atoms with van der Waals surface area (Å²) in [6.45, 7) is -0.360. The molecule has 1 N–H and O–H groups in total. The third-order valence-corrected chi connectivity index (χ3v) is 3.36. The van der Waals surface area contributed by atoms with Crippen LogP contribution in [-0.2, 0) is 14.6 Å². The van der Waals surface area contributed by atoms with Gasteiger partial charge >= 0.3 is 0 Å². The molecular formula is C12H15N7O6S. The van der Waals surface area contributed by atoms with E-state index >= 15 is 0 Å². The van der Waals surface area contributed by atoms with Crippen molar-refractivity contribution in [3.05, 3.63) is 42.1 Å². The Balaban J connectivity index is 0.00000338. The summed E-state index contributed by atoms with van der Waals surface area (Å²) >= 11 is 0. The lowest BCUT2D eigenvalue weighted by atomic mass is 10.2. The number of H-pyrrole nitrogens is 1. The number of hydrogen-bond acceptors (Lipinski definition) is 11. The molecule has 0 atom stereocenters. The Kier molecular flexibility index (Phi) is 7.12. The van der Waals surface area contributed by atoms with Crippen molar-refractivity contribution in [3.63, 3.8) is 0 Å². The van der Waals surface area contributed by atoms with Gasteiger partial charge in [0.1, 0.15) is 6.33 Å². The van der Waals surface area contributed by atoms with Gasteiger partial charge in [-0.05, 0) is 12.1 Å². The number of anilines is 1. The first-order chi connectivity index (χ1) is 11.8. The van der Waals surface area contributed by atoms with Gasteiger partial charge in [0.15, 0.2) is 5.69 Å². The molecule has 13 nitrogen and oxygen atoms in total. The maximum absolute atomic E-state index is 11.2. The van der Waals surface area contributed by atoms with E-state index in [9.17, 15) is 23.1 Å². The molecule has 0 aliphatic heterocycles. The molecule has 0 aliphatic rings. The summed E-state index contributed by atoms with van der Waals surface area (Å²) in [5.74, 6) is 0.0893. The molecule has 0 spiro atoms. The Labute approximate surface area is 148 Å². The Hall–Kier alpha value is -3.10. The molecule has 140 valence electrons. The average molecular weight is 385 g/mol. The zero-order valence-corrected chi connectivity index (χ0v) is 14.6. The van der Waals surface area contributed by atoms with Crippen molar-refractivity contribution >= 4 is 33.4 Å². The van der Waals surface area contributed by atoms with Crippen molar-refractivity contribution in [2.45, 2.75) is 0 Å². The number of nitro benzene ring substituents is 1. The van der Waals surface area contributed by atoms with Crippen LogP contribution in [0.1, 0.15) is 0 Å². The molecule has 0 saturated carbocycles. The highest BCUT2D eigenvalue weighted by Gasteiger charge is 2.16. The SMILES string of the molecule is CN(CCOS(=O)(=O)[O-])c1ccc(N=Nc2ncn[nH]2)c([N+](=O)[O-])c1.[CH3+]. The van der Waals surface area contributed by atoms with E-state index in [4.69, 9.17) is 0 Å². The van der Waals surface area contributed by atoms with Crippen molar-refractivity contribution in [1.82, 2.24) is 15.2 Å². The summed E-state index contributed by atoms with van der Waals surface area (Å²) in [7, 11) is -3.23. The fourth-order valence-corrected chi connectivity index (χ4v) is 2.01. The first kappa shape index (κ1) is 20.9. The number of rotatable bonds is 8. The second-order valence-electron chi connectivity index (χ2n) is 4.59. The van der Waals surface area contributed by atoms with Crippen LogP contribution in [0.15, 0.2) is 34.8 Å². The number of nitrogens with zero attached hydrogens (tertiary/aromatic N) is 6. The van der Waals surface area contributed by atoms with Crippen LogP contribution in [0.4, 0.5) is 23.0 Å². The number of nitro groups is 1. The average Bonchev–Trinajstić information content (AvgIpc) is 3.04. The predicted octanol–water partition coefficient (Wildman–Crippen LogP) is 1.49. The second kappa shape index (κ2) is 8.84. The smallest absolute Gasteiger partial charge is 0.298 e. The minimum Gasteiger partial charge on any atom is -0.726 e. The summed E-state index contributed by atoms with van der Waals surface area (Å²) < 4.78 is 35.3. The monoisotopic (exact) mass is 385 g/mol. The largest absolute Gasteiger partial charge is 0.726 e. The molecule has 0 radical (unpaired) electrons. The molecule has 1 aromatic carbocycles. The molecule has 2 aromatic rings. The van der Waals surface area contributed by atoms with Crippen LogP contribution >= 0.6 is 0 Å². The van der Waals surface area contributed by atoms with Gasteiger partial charge in [0.05, 0.1) is 11.5 Å². The van der Waals surface area contributed by atoms with E-state index in [0.717, 1.165) is 0 Å². The van der Waals surface area contributed by atoms with Crippen molar-refractivity contribution in [3.8, 4) is 0 Å². The number of aromatic amines is 1. The number of azo groups is 1. The highest BCUT2D eigenvalue weighted by atomic mass is 32.3. The molecule has 0 fully saturated rings. The quantitative estimate of drug-likeness (QED) is 0.176. The Morgan fingerprint density at radius 2 is 2.12 bits per heavy atom. The van der Waals surface area contributed by atoms with Crippen LogP contribution in [0.3, 0.4) is 0 Å². The highest BCUT2D eigenvalue weighted by Crippen LogP contribution is 2.32. The van der Waals surface area contributed by atoms with E-state index in [1.165, 1.54) is 29.4 Å². The highest BCUT2D eigenvalue weighted by molar-refractivity contribution is 7.80. The first-order valence-corrected chi connectivity index (χ1v) is 7.96. The molecule has 26 heavy (non-hydrogen) atoms. The van der Waals surface area contributed by atoms with Gasteiger partial charge in [0.2, 0.25) is 10.4 Å². The molecule has 0 aliphatic carbocycles. The fourth-order valence-electron chi connectivity index (χ4n) is 1.73. The molecule has 0 amide bonds. The van der Waals surface area contributed by atoms with Gasteiger partial charge in [0, 0.05) is 32.8 Å². The third kappa shape index (κ3) is 6.08. The summed E-state index contributed by atoms with van der Waals surface area (Å²) in [6, 6.07) is 4.13. The first-order valence-electron chi connectivity index (χ1n) is 6.63. The minimum absolute atomic E-state index is 0. The van der Waals surface area contributed by atoms with Gasteiger partial charge in [-0.1, -0.05) is 0 Å². The van der Waals surface area contributed by atoms with E-state index in [1.54, 1.807) is 7.05 Å². The van der Waals surface area contributed by atoms with Crippen molar-refractivity contribution in [1.29, 1.82) is 0 Å². The Morgan fingerprint density at radius 3 is 2.69 bits per heavy atom. The maximum Gasteiger partial charge on any atom is 0.298 e. The van der Waals surface area contributed by atoms with E-state index in [2.05, 4.69) is 29.6 Å². The van der Waals surface area contributed by atoms with Gasteiger partial charge in [-0.25, -0.2) is 13.5 Å². The van der Waals surface area contributed by atoms with Crippen LogP contribution in [0.5, 0.6) is 0 Å². The van der Waals surface area contributed by atoms with Gasteiger partial charge < -0.3 is 9.45 Å². The lowest BCUT2D eigenvalue weighted by Gasteiger charge is -2.19. The fraction of sp³-hybridized carbons (Fsp3) is 0.250. The molecule has 14 heteroatoms. The molecule has 1 heterocycles. The zero-order valence-electron chi connectivity index (χ0n) is 13.8. The van der Waals surface area contributed by atoms with E-state index < -0.39 is 15.3 Å². The van der Waals surface area contributed by atoms with Crippen molar-refractivity contribution in [2.75, 3.05) is 25.1 Å². The standard InChI is InChI=1S/C11H13N7O6S.CH3/c1-17(4-5-24-25(21,22)23)8-2-3-9(10(6-8)18(19)20)14-16-11-12-7-13-15-11;/h2-3,6-7H,4-5H2,1H3,(H,12,13,15)(H,21,22,23);1H3/q;+1/p-1. The number of aromatic nitrogens is 3. The summed E-state index contributed by atoms with van der Waals surface area (Å²) in [5.41, 5.74) is 0.0825. The van der Waals surface area contributed by atoms with Crippen LogP contribution in [-0.4, -0.2) is 53.3 Å². The second-order valence-corrected chi connectivity index (χ2v) is 5.64. The molecule has 2 rings (SSSR count). The molecule has 0 bridgehead atoms. The molecule has 0 unspecified atom stereocenters. The lowest BCUT2D eigenvalue weighted by molar-refractivity contribution is -0.384. The summed E-state index contributed by atoms with van der Waals surface area (Å²) in [5, 5.41) is 24.6. The van der Waals surface area contributed by atoms with E-state index in [-0.39, 0.29) is 37.9 Å². The number of likely N-dealkylation sites (N-methyl/N-ethyl adjacent to an activating group) is 1. The van der Waals surface area contributed by atoms with E-state index in [0.29, 0.717) is 5.69 Å². The predicted molar refractivity (Wildman–Crippen MR) is 89.0 cm³/mol. The Bertz CT molecular complexity index is 868. The summed E-state index contributed by atoms with van der Waals surface area (Å²) in [6.07, 6.45) is 1.21. The van der Waals surface area contributed by atoms with Gasteiger partial charge in [-0.15, -0.1) is 10.2 Å². The van der Waals surface area contributed by atoms with Crippen LogP contribution < -0.4 is 4.90 Å². The van der Waals surface area contributed by atoms with Crippen LogP contribution in [0.2, 0.25) is 0 Å². The van der Waals surface area contributed by atoms with Gasteiger partial charge in [0.25, 0.3) is 11.6 Å².